The molecule has 1 atom stereocenters. The Bertz CT molecular complexity index is 388. The summed E-state index contributed by atoms with van der Waals surface area (Å²) in [5.41, 5.74) is 2.34. The molecule has 2 N–H and O–H groups in total. The van der Waals surface area contributed by atoms with Crippen molar-refractivity contribution in [1.82, 2.24) is 0 Å². The van der Waals surface area contributed by atoms with E-state index in [1.165, 1.54) is 24.3 Å². The SMILES string of the molecule is CCCC(C(N)=O)(c1ccccc1)C(F)(F)F. The van der Waals surface area contributed by atoms with Crippen LogP contribution in [0.4, 0.5) is 13.2 Å². The molecule has 5 heteroatoms. The lowest BCUT2D eigenvalue weighted by Crippen LogP contribution is -2.52. The summed E-state index contributed by atoms with van der Waals surface area (Å²) in [7, 11) is 0. The maximum atomic E-state index is 13.2. The fourth-order valence-corrected chi connectivity index (χ4v) is 1.95. The first-order valence-electron chi connectivity index (χ1n) is 5.28. The van der Waals surface area contributed by atoms with Crippen molar-refractivity contribution in [3.8, 4) is 0 Å². The lowest BCUT2D eigenvalue weighted by Gasteiger charge is -2.33. The second-order valence-electron chi connectivity index (χ2n) is 3.88. The summed E-state index contributed by atoms with van der Waals surface area (Å²) in [5, 5.41) is 0. The Morgan fingerprint density at radius 3 is 2.12 bits per heavy atom. The number of halogens is 3. The van der Waals surface area contributed by atoms with Gasteiger partial charge < -0.3 is 5.73 Å². The highest BCUT2D eigenvalue weighted by Gasteiger charge is 2.59. The Balaban J connectivity index is 3.41. The number of nitrogens with two attached hydrogens (primary N) is 1. The predicted molar refractivity (Wildman–Crippen MR) is 58.3 cm³/mol. The highest BCUT2D eigenvalue weighted by atomic mass is 19.4. The van der Waals surface area contributed by atoms with Crippen LogP contribution in [0.1, 0.15) is 25.3 Å². The Hall–Kier alpha value is -1.52. The standard InChI is InChI=1S/C12H14F3NO/c1-2-8-11(10(16)17,12(13,14)15)9-6-4-3-5-7-9/h3-7H,2,8H2,1H3,(H2,16,17). The third-order valence-electron chi connectivity index (χ3n) is 2.80. The molecule has 0 aliphatic carbocycles. The van der Waals surface area contributed by atoms with E-state index in [4.69, 9.17) is 5.73 Å². The molecule has 0 saturated heterocycles. The number of carbonyl (C=O) groups excluding carboxylic acids is 1. The van der Waals surface area contributed by atoms with Gasteiger partial charge in [-0.3, -0.25) is 4.79 Å². The van der Waals surface area contributed by atoms with Gasteiger partial charge in [0, 0.05) is 0 Å². The molecule has 0 aliphatic heterocycles. The molecule has 0 aliphatic rings. The Kier molecular flexibility index (Phi) is 3.80. The third-order valence-corrected chi connectivity index (χ3v) is 2.80. The molecule has 1 amide bonds. The van der Waals surface area contributed by atoms with Gasteiger partial charge in [-0.1, -0.05) is 43.7 Å². The maximum absolute atomic E-state index is 13.2. The molecule has 0 bridgehead atoms. The van der Waals surface area contributed by atoms with Crippen molar-refractivity contribution in [3.63, 3.8) is 0 Å². The molecule has 0 heterocycles. The van der Waals surface area contributed by atoms with Gasteiger partial charge in [-0.25, -0.2) is 0 Å². The molecule has 0 saturated carbocycles. The first kappa shape index (κ1) is 13.5. The minimum absolute atomic E-state index is 0.0955. The maximum Gasteiger partial charge on any atom is 0.407 e. The van der Waals surface area contributed by atoms with Gasteiger partial charge >= 0.3 is 6.18 Å². The molecule has 1 aromatic carbocycles. The summed E-state index contributed by atoms with van der Waals surface area (Å²) >= 11 is 0. The lowest BCUT2D eigenvalue weighted by molar-refractivity contribution is -0.195. The number of carbonyl (C=O) groups is 1. The van der Waals surface area contributed by atoms with Crippen LogP contribution in [0.2, 0.25) is 0 Å². The number of alkyl halides is 3. The van der Waals surface area contributed by atoms with Crippen LogP contribution in [-0.4, -0.2) is 12.1 Å². The molecule has 0 radical (unpaired) electrons. The summed E-state index contributed by atoms with van der Waals surface area (Å²) in [5.74, 6) is -1.35. The fraction of sp³-hybridized carbons (Fsp3) is 0.417. The summed E-state index contributed by atoms with van der Waals surface area (Å²) in [6.45, 7) is 1.59. The lowest BCUT2D eigenvalue weighted by atomic mass is 9.75. The van der Waals surface area contributed by atoms with E-state index in [2.05, 4.69) is 0 Å². The zero-order valence-corrected chi connectivity index (χ0v) is 9.42. The van der Waals surface area contributed by atoms with Crippen molar-refractivity contribution in [2.45, 2.75) is 31.4 Å². The topological polar surface area (TPSA) is 43.1 Å². The summed E-state index contributed by atoms with van der Waals surface area (Å²) in [6, 6.07) is 7.10. The zero-order valence-electron chi connectivity index (χ0n) is 9.42. The van der Waals surface area contributed by atoms with Crippen molar-refractivity contribution in [3.05, 3.63) is 35.9 Å². The summed E-state index contributed by atoms with van der Waals surface area (Å²) in [4.78, 5) is 11.4. The van der Waals surface area contributed by atoms with Crippen LogP contribution in [0.25, 0.3) is 0 Å². The van der Waals surface area contributed by atoms with Crippen molar-refractivity contribution in [2.24, 2.45) is 5.73 Å². The Labute approximate surface area is 97.6 Å². The first-order chi connectivity index (χ1) is 7.86. The van der Waals surface area contributed by atoms with Gasteiger partial charge in [-0.2, -0.15) is 13.2 Å². The zero-order chi connectivity index (χ0) is 13.1. The van der Waals surface area contributed by atoms with Gasteiger partial charge in [0.15, 0.2) is 5.41 Å². The summed E-state index contributed by atoms with van der Waals surface area (Å²) < 4.78 is 39.6. The minimum Gasteiger partial charge on any atom is -0.369 e. The monoisotopic (exact) mass is 245 g/mol. The molecule has 1 aromatic rings. The van der Waals surface area contributed by atoms with Crippen molar-refractivity contribution >= 4 is 5.91 Å². The van der Waals surface area contributed by atoms with Gasteiger partial charge in [0.25, 0.3) is 0 Å². The number of hydrogen-bond donors (Lipinski definition) is 1. The van der Waals surface area contributed by atoms with Crippen molar-refractivity contribution in [2.75, 3.05) is 0 Å². The van der Waals surface area contributed by atoms with Crippen LogP contribution < -0.4 is 5.73 Å². The van der Waals surface area contributed by atoms with Gasteiger partial charge in [0.05, 0.1) is 0 Å². The Morgan fingerprint density at radius 1 is 1.24 bits per heavy atom. The van der Waals surface area contributed by atoms with Crippen LogP contribution in [0.15, 0.2) is 30.3 Å². The molecule has 2 nitrogen and oxygen atoms in total. The molecule has 1 unspecified atom stereocenters. The molecular weight excluding hydrogens is 231 g/mol. The van der Waals surface area contributed by atoms with Crippen molar-refractivity contribution < 1.29 is 18.0 Å². The van der Waals surface area contributed by atoms with Gasteiger partial charge in [-0.05, 0) is 12.0 Å². The average Bonchev–Trinajstić information content (AvgIpc) is 2.24. The second kappa shape index (κ2) is 4.77. The first-order valence-corrected chi connectivity index (χ1v) is 5.28. The number of benzene rings is 1. The highest BCUT2D eigenvalue weighted by molar-refractivity contribution is 5.87. The Morgan fingerprint density at radius 2 is 1.76 bits per heavy atom. The molecule has 0 spiro atoms. The van der Waals surface area contributed by atoms with Gasteiger partial charge in [0.2, 0.25) is 5.91 Å². The van der Waals surface area contributed by atoms with Crippen LogP contribution >= 0.6 is 0 Å². The average molecular weight is 245 g/mol. The van der Waals surface area contributed by atoms with Crippen LogP contribution in [-0.2, 0) is 10.2 Å². The third kappa shape index (κ3) is 2.28. The van der Waals surface area contributed by atoms with E-state index in [-0.39, 0.29) is 18.4 Å². The van der Waals surface area contributed by atoms with E-state index in [1.54, 1.807) is 13.0 Å². The van der Waals surface area contributed by atoms with E-state index in [0.717, 1.165) is 0 Å². The quantitative estimate of drug-likeness (QED) is 0.870. The van der Waals surface area contributed by atoms with E-state index in [9.17, 15) is 18.0 Å². The number of amides is 1. The van der Waals surface area contributed by atoms with Crippen LogP contribution in [0, 0.1) is 0 Å². The molecule has 17 heavy (non-hydrogen) atoms. The van der Waals surface area contributed by atoms with Crippen molar-refractivity contribution in [1.29, 1.82) is 0 Å². The van der Waals surface area contributed by atoms with Gasteiger partial charge in [0.1, 0.15) is 0 Å². The van der Waals surface area contributed by atoms with Crippen LogP contribution in [0.5, 0.6) is 0 Å². The van der Waals surface area contributed by atoms with Gasteiger partial charge in [-0.15, -0.1) is 0 Å². The van der Waals surface area contributed by atoms with Crippen LogP contribution in [0.3, 0.4) is 0 Å². The predicted octanol–water partition coefficient (Wildman–Crippen LogP) is 2.77. The molecule has 1 rings (SSSR count). The number of rotatable bonds is 4. The fourth-order valence-electron chi connectivity index (χ4n) is 1.95. The van der Waals surface area contributed by atoms with E-state index < -0.39 is 17.5 Å². The smallest absolute Gasteiger partial charge is 0.369 e. The second-order valence-corrected chi connectivity index (χ2v) is 3.88. The normalized spacial score (nSPS) is 15.3. The highest BCUT2D eigenvalue weighted by Crippen LogP contribution is 2.44. The largest absolute Gasteiger partial charge is 0.407 e. The molecule has 0 fully saturated rings. The summed E-state index contributed by atoms with van der Waals surface area (Å²) in [6.07, 6.45) is -4.80. The van der Waals surface area contributed by atoms with E-state index >= 15 is 0 Å². The van der Waals surface area contributed by atoms with E-state index in [0.29, 0.717) is 0 Å². The molecule has 0 aromatic heterocycles. The minimum atomic E-state index is -4.68. The van der Waals surface area contributed by atoms with E-state index in [1.807, 2.05) is 0 Å². The molecular formula is C12H14F3NO. The number of primary amides is 1. The number of hydrogen-bond acceptors (Lipinski definition) is 1. The molecule has 94 valence electrons.